The highest BCUT2D eigenvalue weighted by molar-refractivity contribution is 5.93. The second-order valence-corrected chi connectivity index (χ2v) is 5.63. The predicted molar refractivity (Wildman–Crippen MR) is 86.1 cm³/mol. The highest BCUT2D eigenvalue weighted by Gasteiger charge is 2.23. The summed E-state index contributed by atoms with van der Waals surface area (Å²) in [4.78, 5) is 23.0. The van der Waals surface area contributed by atoms with Crippen molar-refractivity contribution in [3.63, 3.8) is 0 Å². The number of nitrogens with zero attached hydrogens (tertiary/aromatic N) is 3. The number of aromatic nitrogens is 2. The van der Waals surface area contributed by atoms with Crippen LogP contribution in [0.1, 0.15) is 49.4 Å². The molecular formula is C16H26N4O2. The van der Waals surface area contributed by atoms with Gasteiger partial charge in [-0.15, -0.1) is 0 Å². The second kappa shape index (κ2) is 8.68. The van der Waals surface area contributed by atoms with Crippen molar-refractivity contribution in [3.05, 3.63) is 18.0 Å². The molecule has 0 aromatic carbocycles. The second-order valence-electron chi connectivity index (χ2n) is 5.63. The van der Waals surface area contributed by atoms with Crippen molar-refractivity contribution in [1.29, 1.82) is 0 Å². The van der Waals surface area contributed by atoms with Gasteiger partial charge in [-0.3, -0.25) is 4.79 Å². The zero-order chi connectivity index (χ0) is 15.8. The third-order valence-corrected chi connectivity index (χ3v) is 4.07. The molecule has 1 atom stereocenters. The molecule has 122 valence electrons. The Morgan fingerprint density at radius 1 is 1.41 bits per heavy atom. The molecule has 1 N–H and O–H groups in total. The molecule has 0 bridgehead atoms. The topological polar surface area (TPSA) is 67.4 Å². The maximum Gasteiger partial charge on any atom is 0.254 e. The first-order chi connectivity index (χ1) is 10.8. The van der Waals surface area contributed by atoms with Gasteiger partial charge >= 0.3 is 0 Å². The van der Waals surface area contributed by atoms with Gasteiger partial charge < -0.3 is 15.0 Å². The van der Waals surface area contributed by atoms with Crippen LogP contribution in [0.2, 0.25) is 0 Å². The van der Waals surface area contributed by atoms with E-state index < -0.39 is 0 Å². The van der Waals surface area contributed by atoms with Crippen molar-refractivity contribution in [2.45, 2.75) is 45.1 Å². The van der Waals surface area contributed by atoms with Crippen LogP contribution in [0.3, 0.4) is 0 Å². The van der Waals surface area contributed by atoms with E-state index in [1.54, 1.807) is 19.5 Å². The van der Waals surface area contributed by atoms with Gasteiger partial charge in [0.15, 0.2) is 0 Å². The van der Waals surface area contributed by atoms with Crippen molar-refractivity contribution < 1.29 is 9.53 Å². The summed E-state index contributed by atoms with van der Waals surface area (Å²) in [6.45, 7) is 4.44. The largest absolute Gasteiger partial charge is 0.385 e. The molecule has 2 rings (SSSR count). The Hall–Kier alpha value is -1.69. The van der Waals surface area contributed by atoms with E-state index in [9.17, 15) is 4.79 Å². The SMILES string of the molecule is CCC1CCCCN1c1ncc(C(=O)NCCCOC)cn1. The molecule has 22 heavy (non-hydrogen) atoms. The summed E-state index contributed by atoms with van der Waals surface area (Å²) in [6.07, 6.45) is 8.79. The van der Waals surface area contributed by atoms with Gasteiger partial charge in [-0.25, -0.2) is 9.97 Å². The first-order valence-corrected chi connectivity index (χ1v) is 8.12. The lowest BCUT2D eigenvalue weighted by Crippen LogP contribution is -2.40. The van der Waals surface area contributed by atoms with Crippen molar-refractivity contribution in [1.82, 2.24) is 15.3 Å². The van der Waals surface area contributed by atoms with Crippen molar-refractivity contribution in [3.8, 4) is 0 Å². The van der Waals surface area contributed by atoms with Gasteiger partial charge in [0, 0.05) is 45.2 Å². The summed E-state index contributed by atoms with van der Waals surface area (Å²) in [5.74, 6) is 0.607. The number of rotatable bonds is 7. The molecular weight excluding hydrogens is 280 g/mol. The van der Waals surface area contributed by atoms with Gasteiger partial charge in [-0.1, -0.05) is 6.92 Å². The Bertz CT molecular complexity index is 464. The number of ether oxygens (including phenoxy) is 1. The summed E-state index contributed by atoms with van der Waals surface area (Å²) < 4.78 is 4.95. The van der Waals surface area contributed by atoms with Crippen LogP contribution >= 0.6 is 0 Å². The molecule has 6 nitrogen and oxygen atoms in total. The fourth-order valence-corrected chi connectivity index (χ4v) is 2.80. The summed E-state index contributed by atoms with van der Waals surface area (Å²) in [5, 5.41) is 2.84. The number of carbonyl (C=O) groups excluding carboxylic acids is 1. The van der Waals surface area contributed by atoms with E-state index in [2.05, 4.69) is 27.1 Å². The highest BCUT2D eigenvalue weighted by atomic mass is 16.5. The number of hydrogen-bond acceptors (Lipinski definition) is 5. The lowest BCUT2D eigenvalue weighted by Gasteiger charge is -2.35. The smallest absolute Gasteiger partial charge is 0.254 e. The molecule has 0 aliphatic carbocycles. The summed E-state index contributed by atoms with van der Waals surface area (Å²) in [5.41, 5.74) is 0.506. The number of hydrogen-bond donors (Lipinski definition) is 1. The average molecular weight is 306 g/mol. The predicted octanol–water partition coefficient (Wildman–Crippen LogP) is 2.01. The number of nitrogens with one attached hydrogen (secondary N) is 1. The lowest BCUT2D eigenvalue weighted by molar-refractivity contribution is 0.0948. The first-order valence-electron chi connectivity index (χ1n) is 8.12. The minimum Gasteiger partial charge on any atom is -0.385 e. The molecule has 0 radical (unpaired) electrons. The number of piperidine rings is 1. The molecule has 1 fully saturated rings. The van der Waals surface area contributed by atoms with Crippen molar-refractivity contribution in [2.75, 3.05) is 31.7 Å². The van der Waals surface area contributed by atoms with Gasteiger partial charge in [0.2, 0.25) is 5.95 Å². The number of anilines is 1. The van der Waals surface area contributed by atoms with Gasteiger partial charge in [-0.05, 0) is 32.1 Å². The van der Waals surface area contributed by atoms with E-state index >= 15 is 0 Å². The van der Waals surface area contributed by atoms with Gasteiger partial charge in [0.1, 0.15) is 0 Å². The van der Waals surface area contributed by atoms with E-state index in [1.165, 1.54) is 19.3 Å². The molecule has 6 heteroatoms. The Labute approximate surface area is 132 Å². The van der Waals surface area contributed by atoms with Gasteiger partial charge in [0.05, 0.1) is 5.56 Å². The molecule has 1 aromatic heterocycles. The molecule has 1 unspecified atom stereocenters. The Balaban J connectivity index is 1.93. The summed E-state index contributed by atoms with van der Waals surface area (Å²) in [6, 6.07) is 0.516. The number of methoxy groups -OCH3 is 1. The molecule has 1 aliphatic heterocycles. The molecule has 1 aromatic rings. The molecule has 0 saturated carbocycles. The Morgan fingerprint density at radius 2 is 2.18 bits per heavy atom. The molecule has 1 saturated heterocycles. The first kappa shape index (κ1) is 16.7. The Morgan fingerprint density at radius 3 is 2.86 bits per heavy atom. The highest BCUT2D eigenvalue weighted by Crippen LogP contribution is 2.23. The molecule has 1 amide bonds. The minimum absolute atomic E-state index is 0.131. The van der Waals surface area contributed by atoms with Crippen LogP contribution in [0, 0.1) is 0 Å². The third kappa shape index (κ3) is 4.40. The van der Waals surface area contributed by atoms with E-state index in [0.717, 1.165) is 25.3 Å². The maximum atomic E-state index is 12.0. The maximum absolute atomic E-state index is 12.0. The minimum atomic E-state index is -0.131. The van der Waals surface area contributed by atoms with Crippen molar-refractivity contribution in [2.24, 2.45) is 0 Å². The lowest BCUT2D eigenvalue weighted by atomic mass is 10.0. The standard InChI is InChI=1S/C16H26N4O2/c1-3-14-7-4-5-9-20(14)16-18-11-13(12-19-16)15(21)17-8-6-10-22-2/h11-12,14H,3-10H2,1-2H3,(H,17,21). The van der Waals surface area contributed by atoms with Crippen LogP contribution in [-0.4, -0.2) is 48.7 Å². The van der Waals surface area contributed by atoms with Crippen LogP contribution in [0.25, 0.3) is 0 Å². The van der Waals surface area contributed by atoms with E-state index in [0.29, 0.717) is 24.8 Å². The van der Waals surface area contributed by atoms with Crippen LogP contribution in [0.5, 0.6) is 0 Å². The van der Waals surface area contributed by atoms with Crippen molar-refractivity contribution >= 4 is 11.9 Å². The van der Waals surface area contributed by atoms with Gasteiger partial charge in [-0.2, -0.15) is 0 Å². The zero-order valence-electron chi connectivity index (χ0n) is 13.5. The van der Waals surface area contributed by atoms with Crippen LogP contribution in [0.4, 0.5) is 5.95 Å². The van der Waals surface area contributed by atoms with Crippen LogP contribution in [-0.2, 0) is 4.74 Å². The Kier molecular flexibility index (Phi) is 6.58. The molecule has 1 aliphatic rings. The number of carbonyl (C=O) groups is 1. The fourth-order valence-electron chi connectivity index (χ4n) is 2.80. The zero-order valence-corrected chi connectivity index (χ0v) is 13.5. The molecule has 0 spiro atoms. The van der Waals surface area contributed by atoms with E-state index in [1.807, 2.05) is 0 Å². The van der Waals surface area contributed by atoms with Gasteiger partial charge in [0.25, 0.3) is 5.91 Å². The summed E-state index contributed by atoms with van der Waals surface area (Å²) >= 11 is 0. The molecule has 2 heterocycles. The monoisotopic (exact) mass is 306 g/mol. The average Bonchev–Trinajstić information content (AvgIpc) is 2.58. The van der Waals surface area contributed by atoms with Crippen LogP contribution < -0.4 is 10.2 Å². The van der Waals surface area contributed by atoms with E-state index in [-0.39, 0.29) is 5.91 Å². The third-order valence-electron chi connectivity index (χ3n) is 4.07. The summed E-state index contributed by atoms with van der Waals surface area (Å²) in [7, 11) is 1.65. The van der Waals surface area contributed by atoms with E-state index in [4.69, 9.17) is 4.74 Å². The van der Waals surface area contributed by atoms with Crippen LogP contribution in [0.15, 0.2) is 12.4 Å². The quantitative estimate of drug-likeness (QED) is 0.781. The fraction of sp³-hybridized carbons (Fsp3) is 0.688. The number of amides is 1. The normalized spacial score (nSPS) is 18.3.